The molecule has 1 saturated heterocycles. The summed E-state index contributed by atoms with van der Waals surface area (Å²) in [5.41, 5.74) is 0. The second-order valence-corrected chi connectivity index (χ2v) is 6.01. The van der Waals surface area contributed by atoms with Gasteiger partial charge in [0.15, 0.2) is 0 Å². The summed E-state index contributed by atoms with van der Waals surface area (Å²) in [5, 5.41) is 10.9. The topological polar surface area (TPSA) is 57.6 Å². The molecule has 18 heavy (non-hydrogen) atoms. The lowest BCUT2D eigenvalue weighted by Gasteiger charge is -2.30. The van der Waals surface area contributed by atoms with Crippen LogP contribution >= 0.6 is 23.1 Å². The van der Waals surface area contributed by atoms with Gasteiger partial charge < -0.3 is 10.0 Å². The Morgan fingerprint density at radius 1 is 1.56 bits per heavy atom. The molecule has 0 bridgehead atoms. The van der Waals surface area contributed by atoms with Crippen molar-refractivity contribution in [3.8, 4) is 0 Å². The standard InChI is InChI=1S/C12H15NO3S2/c1-17-9-4-6-18-10(9)11(14)13-5-2-3-8(7-13)12(15)16/h4,6,8H,2-3,5,7H2,1H3,(H,15,16). The molecular formula is C12H15NO3S2. The highest BCUT2D eigenvalue weighted by Crippen LogP contribution is 2.28. The predicted molar refractivity (Wildman–Crippen MR) is 72.4 cm³/mol. The second kappa shape index (κ2) is 5.75. The first kappa shape index (κ1) is 13.4. The van der Waals surface area contributed by atoms with E-state index in [1.165, 1.54) is 11.3 Å². The average Bonchev–Trinajstić information content (AvgIpc) is 2.86. The number of nitrogens with zero attached hydrogens (tertiary/aromatic N) is 1. The van der Waals surface area contributed by atoms with E-state index < -0.39 is 11.9 Å². The van der Waals surface area contributed by atoms with Crippen molar-refractivity contribution in [1.29, 1.82) is 0 Å². The minimum absolute atomic E-state index is 0.0275. The Labute approximate surface area is 114 Å². The summed E-state index contributed by atoms with van der Waals surface area (Å²) in [6.45, 7) is 0.994. The van der Waals surface area contributed by atoms with Crippen LogP contribution in [0.3, 0.4) is 0 Å². The van der Waals surface area contributed by atoms with Crippen LogP contribution in [0.4, 0.5) is 0 Å². The Kier molecular flexibility index (Phi) is 4.29. The van der Waals surface area contributed by atoms with Crippen LogP contribution in [-0.4, -0.2) is 41.2 Å². The molecule has 0 aliphatic carbocycles. The van der Waals surface area contributed by atoms with Gasteiger partial charge in [-0.3, -0.25) is 9.59 Å². The van der Waals surface area contributed by atoms with E-state index in [9.17, 15) is 9.59 Å². The maximum atomic E-state index is 12.3. The van der Waals surface area contributed by atoms with Gasteiger partial charge in [0.1, 0.15) is 4.88 Å². The van der Waals surface area contributed by atoms with Crippen molar-refractivity contribution >= 4 is 35.0 Å². The minimum atomic E-state index is -0.802. The molecule has 1 aromatic rings. The lowest BCUT2D eigenvalue weighted by Crippen LogP contribution is -2.42. The van der Waals surface area contributed by atoms with Crippen molar-refractivity contribution in [1.82, 2.24) is 4.90 Å². The smallest absolute Gasteiger partial charge is 0.308 e. The highest BCUT2D eigenvalue weighted by atomic mass is 32.2. The molecular weight excluding hydrogens is 270 g/mol. The fraction of sp³-hybridized carbons (Fsp3) is 0.500. The number of amides is 1. The van der Waals surface area contributed by atoms with Crippen molar-refractivity contribution < 1.29 is 14.7 Å². The van der Waals surface area contributed by atoms with Gasteiger partial charge >= 0.3 is 5.97 Å². The highest BCUT2D eigenvalue weighted by Gasteiger charge is 2.29. The van der Waals surface area contributed by atoms with E-state index in [2.05, 4.69) is 0 Å². The molecule has 1 aromatic heterocycles. The van der Waals surface area contributed by atoms with Gasteiger partial charge in [0, 0.05) is 18.0 Å². The lowest BCUT2D eigenvalue weighted by atomic mass is 9.98. The summed E-state index contributed by atoms with van der Waals surface area (Å²) in [6, 6.07) is 1.93. The van der Waals surface area contributed by atoms with E-state index in [4.69, 9.17) is 5.11 Å². The second-order valence-electron chi connectivity index (χ2n) is 4.25. The van der Waals surface area contributed by atoms with Crippen LogP contribution in [0.1, 0.15) is 22.5 Å². The molecule has 4 nitrogen and oxygen atoms in total. The molecule has 1 amide bonds. The normalized spacial score (nSPS) is 19.8. The molecule has 2 heterocycles. The molecule has 0 saturated carbocycles. The zero-order chi connectivity index (χ0) is 13.1. The van der Waals surface area contributed by atoms with Crippen molar-refractivity contribution in [2.75, 3.05) is 19.3 Å². The summed E-state index contributed by atoms with van der Waals surface area (Å²) in [6.07, 6.45) is 3.37. The van der Waals surface area contributed by atoms with Crippen molar-refractivity contribution in [3.05, 3.63) is 16.3 Å². The first-order valence-corrected chi connectivity index (χ1v) is 7.87. The van der Waals surface area contributed by atoms with E-state index in [1.807, 2.05) is 17.7 Å². The Hall–Kier alpha value is -1.01. The van der Waals surface area contributed by atoms with Crippen LogP contribution in [0.25, 0.3) is 0 Å². The molecule has 98 valence electrons. The van der Waals surface area contributed by atoms with Gasteiger partial charge in [-0.15, -0.1) is 23.1 Å². The molecule has 1 fully saturated rings. The Morgan fingerprint density at radius 2 is 2.33 bits per heavy atom. The number of likely N-dealkylation sites (tertiary alicyclic amines) is 1. The van der Waals surface area contributed by atoms with Crippen molar-refractivity contribution in [2.45, 2.75) is 17.7 Å². The van der Waals surface area contributed by atoms with Gasteiger partial charge in [-0.2, -0.15) is 0 Å². The van der Waals surface area contributed by atoms with Gasteiger partial charge in [0.25, 0.3) is 5.91 Å². The van der Waals surface area contributed by atoms with E-state index in [1.54, 1.807) is 16.7 Å². The average molecular weight is 285 g/mol. The van der Waals surface area contributed by atoms with E-state index in [-0.39, 0.29) is 5.91 Å². The first-order valence-electron chi connectivity index (χ1n) is 5.77. The molecule has 1 N–H and O–H groups in total. The number of carboxylic acid groups (broad SMARTS) is 1. The zero-order valence-corrected chi connectivity index (χ0v) is 11.7. The Balaban J connectivity index is 2.11. The van der Waals surface area contributed by atoms with Crippen LogP contribution in [0, 0.1) is 5.92 Å². The molecule has 0 spiro atoms. The van der Waals surface area contributed by atoms with Crippen LogP contribution in [0.15, 0.2) is 16.3 Å². The molecule has 0 radical (unpaired) electrons. The number of carbonyl (C=O) groups excluding carboxylic acids is 1. The summed E-state index contributed by atoms with van der Waals surface area (Å²) in [7, 11) is 0. The van der Waals surface area contributed by atoms with E-state index >= 15 is 0 Å². The number of hydrogen-bond donors (Lipinski definition) is 1. The van der Waals surface area contributed by atoms with Crippen LogP contribution < -0.4 is 0 Å². The largest absolute Gasteiger partial charge is 0.481 e. The molecule has 1 aliphatic heterocycles. The number of hydrogen-bond acceptors (Lipinski definition) is 4. The maximum Gasteiger partial charge on any atom is 0.308 e. The molecule has 6 heteroatoms. The van der Waals surface area contributed by atoms with Gasteiger partial charge in [0.05, 0.1) is 5.92 Å². The predicted octanol–water partition coefficient (Wildman–Crippen LogP) is 2.41. The third-order valence-corrected chi connectivity index (χ3v) is 4.91. The number of thiophene rings is 1. The number of carboxylic acids is 1. The number of rotatable bonds is 3. The summed E-state index contributed by atoms with van der Waals surface area (Å²) < 4.78 is 0. The van der Waals surface area contributed by atoms with E-state index in [0.29, 0.717) is 19.5 Å². The van der Waals surface area contributed by atoms with Gasteiger partial charge in [-0.1, -0.05) is 0 Å². The summed E-state index contributed by atoms with van der Waals surface area (Å²) >= 11 is 2.97. The maximum absolute atomic E-state index is 12.3. The third kappa shape index (κ3) is 2.70. The Morgan fingerprint density at radius 3 is 3.00 bits per heavy atom. The van der Waals surface area contributed by atoms with Gasteiger partial charge in [-0.05, 0) is 30.5 Å². The highest BCUT2D eigenvalue weighted by molar-refractivity contribution is 7.98. The fourth-order valence-corrected chi connectivity index (χ4v) is 3.83. The fourth-order valence-electron chi connectivity index (χ4n) is 2.12. The number of carbonyl (C=O) groups is 2. The molecule has 2 rings (SSSR count). The summed E-state index contributed by atoms with van der Waals surface area (Å²) in [4.78, 5) is 26.7. The van der Waals surface area contributed by atoms with Crippen molar-refractivity contribution in [3.63, 3.8) is 0 Å². The van der Waals surface area contributed by atoms with E-state index in [0.717, 1.165) is 16.2 Å². The van der Waals surface area contributed by atoms with Gasteiger partial charge in [-0.25, -0.2) is 0 Å². The van der Waals surface area contributed by atoms with Crippen molar-refractivity contribution in [2.24, 2.45) is 5.92 Å². The quantitative estimate of drug-likeness (QED) is 0.866. The van der Waals surface area contributed by atoms with Crippen LogP contribution in [-0.2, 0) is 4.79 Å². The minimum Gasteiger partial charge on any atom is -0.481 e. The monoisotopic (exact) mass is 285 g/mol. The number of thioether (sulfide) groups is 1. The van der Waals surface area contributed by atoms with Crippen LogP contribution in [0.2, 0.25) is 0 Å². The van der Waals surface area contributed by atoms with Crippen LogP contribution in [0.5, 0.6) is 0 Å². The molecule has 0 aromatic carbocycles. The zero-order valence-electron chi connectivity index (χ0n) is 10.1. The third-order valence-electron chi connectivity index (χ3n) is 3.10. The molecule has 1 atom stereocenters. The number of aliphatic carboxylic acids is 1. The number of piperidine rings is 1. The lowest BCUT2D eigenvalue weighted by molar-refractivity contribution is -0.143. The first-order chi connectivity index (χ1) is 8.63. The summed E-state index contributed by atoms with van der Waals surface area (Å²) in [5.74, 6) is -1.25. The SMILES string of the molecule is CSc1ccsc1C(=O)N1CCCC(C(=O)O)C1. The Bertz CT molecular complexity index is 458. The molecule has 1 aliphatic rings. The van der Waals surface area contributed by atoms with Gasteiger partial charge in [0.2, 0.25) is 0 Å². The molecule has 1 unspecified atom stereocenters.